The average molecular weight is 292 g/mol. The van der Waals surface area contributed by atoms with Gasteiger partial charge in [0.2, 0.25) is 0 Å². The molecule has 1 aliphatic heterocycles. The zero-order chi connectivity index (χ0) is 15.6. The highest BCUT2D eigenvalue weighted by atomic mass is 16.4. The molecule has 6 heteroatoms. The maximum Gasteiger partial charge on any atom is 0.320 e. The SMILES string of the molecule is Cc1cc(C(=O)N2CCN(C(C)C(=O)O)CC2)ccc1O. The first-order chi connectivity index (χ1) is 9.90. The predicted octanol–water partition coefficient (Wildman–Crippen LogP) is 0.932. The van der Waals surface area contributed by atoms with E-state index in [1.54, 1.807) is 30.9 Å². The number of carboxylic acid groups (broad SMARTS) is 1. The topological polar surface area (TPSA) is 81.1 Å². The molecule has 1 aromatic carbocycles. The Kier molecular flexibility index (Phi) is 4.47. The van der Waals surface area contributed by atoms with Crippen LogP contribution in [0, 0.1) is 6.92 Å². The number of carboxylic acids is 1. The minimum absolute atomic E-state index is 0.0827. The lowest BCUT2D eigenvalue weighted by atomic mass is 10.1. The predicted molar refractivity (Wildman–Crippen MR) is 77.4 cm³/mol. The maximum absolute atomic E-state index is 12.4. The molecule has 0 bridgehead atoms. The van der Waals surface area contributed by atoms with Crippen LogP contribution in [0.1, 0.15) is 22.8 Å². The molecular formula is C15H20N2O4. The molecule has 0 spiro atoms. The van der Waals surface area contributed by atoms with E-state index in [-0.39, 0.29) is 11.7 Å². The molecule has 1 atom stereocenters. The number of phenols is 1. The van der Waals surface area contributed by atoms with Gasteiger partial charge in [0.25, 0.3) is 5.91 Å². The highest BCUT2D eigenvalue weighted by Gasteiger charge is 2.27. The van der Waals surface area contributed by atoms with Gasteiger partial charge >= 0.3 is 5.97 Å². The van der Waals surface area contributed by atoms with Crippen LogP contribution in [0.25, 0.3) is 0 Å². The van der Waals surface area contributed by atoms with Crippen LogP contribution < -0.4 is 0 Å². The molecule has 1 heterocycles. The second kappa shape index (κ2) is 6.13. The maximum atomic E-state index is 12.4. The zero-order valence-corrected chi connectivity index (χ0v) is 12.2. The first-order valence-corrected chi connectivity index (χ1v) is 6.96. The molecule has 1 unspecified atom stereocenters. The summed E-state index contributed by atoms with van der Waals surface area (Å²) in [6.07, 6.45) is 0. The third kappa shape index (κ3) is 3.33. The summed E-state index contributed by atoms with van der Waals surface area (Å²) in [4.78, 5) is 26.9. The van der Waals surface area contributed by atoms with Crippen LogP contribution in [0.4, 0.5) is 0 Å². The molecule has 21 heavy (non-hydrogen) atoms. The van der Waals surface area contributed by atoms with Gasteiger partial charge in [-0.15, -0.1) is 0 Å². The van der Waals surface area contributed by atoms with E-state index in [4.69, 9.17) is 5.11 Å². The molecule has 1 aliphatic rings. The molecule has 2 rings (SSSR count). The van der Waals surface area contributed by atoms with Crippen LogP contribution in [0.5, 0.6) is 5.75 Å². The zero-order valence-electron chi connectivity index (χ0n) is 12.2. The summed E-state index contributed by atoms with van der Waals surface area (Å²) in [7, 11) is 0. The average Bonchev–Trinajstić information content (AvgIpc) is 2.48. The number of amides is 1. The van der Waals surface area contributed by atoms with Crippen molar-refractivity contribution >= 4 is 11.9 Å². The fourth-order valence-electron chi connectivity index (χ4n) is 2.44. The molecule has 1 saturated heterocycles. The van der Waals surface area contributed by atoms with Crippen molar-refractivity contribution in [2.45, 2.75) is 19.9 Å². The van der Waals surface area contributed by atoms with Crippen LogP contribution in [-0.2, 0) is 4.79 Å². The number of aliphatic carboxylic acids is 1. The number of nitrogens with zero attached hydrogens (tertiary/aromatic N) is 2. The van der Waals surface area contributed by atoms with E-state index < -0.39 is 12.0 Å². The number of aryl methyl sites for hydroxylation is 1. The van der Waals surface area contributed by atoms with Crippen LogP contribution in [0.3, 0.4) is 0 Å². The van der Waals surface area contributed by atoms with Crippen LogP contribution >= 0.6 is 0 Å². The van der Waals surface area contributed by atoms with Gasteiger partial charge < -0.3 is 15.1 Å². The summed E-state index contributed by atoms with van der Waals surface area (Å²) in [6.45, 7) is 5.53. The Morgan fingerprint density at radius 3 is 2.33 bits per heavy atom. The first kappa shape index (κ1) is 15.3. The number of benzene rings is 1. The number of carbonyl (C=O) groups excluding carboxylic acids is 1. The van der Waals surface area contributed by atoms with E-state index >= 15 is 0 Å². The number of hydrogen-bond acceptors (Lipinski definition) is 4. The van der Waals surface area contributed by atoms with Crippen molar-refractivity contribution in [2.24, 2.45) is 0 Å². The van der Waals surface area contributed by atoms with E-state index in [1.165, 1.54) is 6.07 Å². The summed E-state index contributed by atoms with van der Waals surface area (Å²) >= 11 is 0. The molecule has 2 N–H and O–H groups in total. The van der Waals surface area contributed by atoms with Crippen LogP contribution in [0.15, 0.2) is 18.2 Å². The number of rotatable bonds is 3. The summed E-state index contributed by atoms with van der Waals surface area (Å²) in [5.41, 5.74) is 1.21. The van der Waals surface area contributed by atoms with Crippen LogP contribution in [-0.4, -0.2) is 64.1 Å². The fraction of sp³-hybridized carbons (Fsp3) is 0.467. The normalized spacial score (nSPS) is 17.5. The molecule has 114 valence electrons. The quantitative estimate of drug-likeness (QED) is 0.866. The number of aromatic hydroxyl groups is 1. The van der Waals surface area contributed by atoms with Crippen molar-refractivity contribution in [3.05, 3.63) is 29.3 Å². The van der Waals surface area contributed by atoms with Gasteiger partial charge in [-0.05, 0) is 37.6 Å². The molecule has 0 aliphatic carbocycles. The standard InChI is InChI=1S/C15H20N2O4/c1-10-9-12(3-4-13(10)18)14(19)17-7-5-16(6-8-17)11(2)15(20)21/h3-4,9,11,18H,5-8H2,1-2H3,(H,20,21). The van der Waals surface area contributed by atoms with Crippen molar-refractivity contribution in [2.75, 3.05) is 26.2 Å². The van der Waals surface area contributed by atoms with Crippen molar-refractivity contribution in [3.8, 4) is 5.75 Å². The fourth-order valence-corrected chi connectivity index (χ4v) is 2.44. The van der Waals surface area contributed by atoms with E-state index in [9.17, 15) is 14.7 Å². The van der Waals surface area contributed by atoms with Gasteiger partial charge in [0.15, 0.2) is 0 Å². The third-order valence-electron chi connectivity index (χ3n) is 3.95. The number of piperazine rings is 1. The lowest BCUT2D eigenvalue weighted by molar-refractivity contribution is -0.143. The van der Waals surface area contributed by atoms with Crippen LogP contribution in [0.2, 0.25) is 0 Å². The number of phenolic OH excluding ortho intramolecular Hbond substituents is 1. The van der Waals surface area contributed by atoms with E-state index in [1.807, 2.05) is 4.90 Å². The Bertz CT molecular complexity index is 551. The van der Waals surface area contributed by atoms with Crippen molar-refractivity contribution < 1.29 is 19.8 Å². The highest BCUT2D eigenvalue weighted by molar-refractivity contribution is 5.94. The minimum atomic E-state index is -0.844. The largest absolute Gasteiger partial charge is 0.508 e. The van der Waals surface area contributed by atoms with Crippen molar-refractivity contribution in [3.63, 3.8) is 0 Å². The molecule has 0 aromatic heterocycles. The Hall–Kier alpha value is -2.08. The van der Waals surface area contributed by atoms with E-state index in [2.05, 4.69) is 0 Å². The first-order valence-electron chi connectivity index (χ1n) is 6.96. The van der Waals surface area contributed by atoms with Gasteiger partial charge in [0.05, 0.1) is 0 Å². The van der Waals surface area contributed by atoms with Crippen molar-refractivity contribution in [1.82, 2.24) is 9.80 Å². The summed E-state index contributed by atoms with van der Waals surface area (Å²) in [5.74, 6) is -0.753. The number of hydrogen-bond donors (Lipinski definition) is 2. The second-order valence-electron chi connectivity index (χ2n) is 5.34. The lowest BCUT2D eigenvalue weighted by Crippen LogP contribution is -2.53. The van der Waals surface area contributed by atoms with Crippen molar-refractivity contribution in [1.29, 1.82) is 0 Å². The van der Waals surface area contributed by atoms with Gasteiger partial charge in [-0.3, -0.25) is 14.5 Å². The Labute approximate surface area is 123 Å². The molecule has 1 fully saturated rings. The highest BCUT2D eigenvalue weighted by Crippen LogP contribution is 2.19. The Morgan fingerprint density at radius 1 is 1.19 bits per heavy atom. The molecule has 1 amide bonds. The van der Waals surface area contributed by atoms with E-state index in [0.29, 0.717) is 37.3 Å². The van der Waals surface area contributed by atoms with Gasteiger partial charge in [-0.25, -0.2) is 0 Å². The van der Waals surface area contributed by atoms with Gasteiger partial charge in [-0.1, -0.05) is 0 Å². The summed E-state index contributed by atoms with van der Waals surface area (Å²) < 4.78 is 0. The smallest absolute Gasteiger partial charge is 0.320 e. The minimum Gasteiger partial charge on any atom is -0.508 e. The van der Waals surface area contributed by atoms with Gasteiger partial charge in [0, 0.05) is 31.7 Å². The van der Waals surface area contributed by atoms with Gasteiger partial charge in [-0.2, -0.15) is 0 Å². The second-order valence-corrected chi connectivity index (χ2v) is 5.34. The molecular weight excluding hydrogens is 272 g/mol. The molecule has 0 radical (unpaired) electrons. The molecule has 1 aromatic rings. The molecule has 6 nitrogen and oxygen atoms in total. The Morgan fingerprint density at radius 2 is 1.81 bits per heavy atom. The lowest BCUT2D eigenvalue weighted by Gasteiger charge is -2.36. The summed E-state index contributed by atoms with van der Waals surface area (Å²) in [6, 6.07) is 4.27. The summed E-state index contributed by atoms with van der Waals surface area (Å²) in [5, 5.41) is 18.5. The van der Waals surface area contributed by atoms with Gasteiger partial charge in [0.1, 0.15) is 11.8 Å². The van der Waals surface area contributed by atoms with E-state index in [0.717, 1.165) is 0 Å². The molecule has 0 saturated carbocycles. The monoisotopic (exact) mass is 292 g/mol. The third-order valence-corrected chi connectivity index (χ3v) is 3.95. The Balaban J connectivity index is 2.00. The number of carbonyl (C=O) groups is 2.